The maximum atomic E-state index is 10.6. The highest BCUT2D eigenvalue weighted by atomic mass is 16.4. The number of unbranched alkanes of at least 4 members (excludes halogenated alkanes) is 3. The van der Waals surface area contributed by atoms with Gasteiger partial charge in [0, 0.05) is 39.0 Å². The zero-order chi connectivity index (χ0) is 17.5. The first kappa shape index (κ1) is 21.0. The highest BCUT2D eigenvalue weighted by molar-refractivity contribution is 5.86. The average Bonchev–Trinajstić information content (AvgIpc) is 2.94. The SMILES string of the molecule is C=CC(=O)NCCCCCC(=O)O.CCCCN1C=CN(C)C1. The van der Waals surface area contributed by atoms with E-state index in [0.29, 0.717) is 13.0 Å². The Morgan fingerprint density at radius 2 is 2.00 bits per heavy atom. The molecule has 23 heavy (non-hydrogen) atoms. The Kier molecular flexibility index (Phi) is 12.5. The Bertz CT molecular complexity index is 383. The molecule has 0 saturated heterocycles. The zero-order valence-electron chi connectivity index (χ0n) is 14.5. The molecular formula is C17H31N3O3. The number of carboxylic acids is 1. The Morgan fingerprint density at radius 3 is 2.52 bits per heavy atom. The quantitative estimate of drug-likeness (QED) is 0.477. The summed E-state index contributed by atoms with van der Waals surface area (Å²) in [7, 11) is 2.10. The van der Waals surface area contributed by atoms with E-state index in [1.54, 1.807) is 0 Å². The lowest BCUT2D eigenvalue weighted by Crippen LogP contribution is -2.23. The van der Waals surface area contributed by atoms with Crippen molar-refractivity contribution >= 4 is 11.9 Å². The van der Waals surface area contributed by atoms with Crippen molar-refractivity contribution in [2.45, 2.75) is 45.4 Å². The third-order valence-corrected chi connectivity index (χ3v) is 3.29. The molecule has 0 aromatic carbocycles. The molecule has 2 N–H and O–H groups in total. The second-order valence-electron chi connectivity index (χ2n) is 5.56. The lowest BCUT2D eigenvalue weighted by atomic mass is 10.2. The topological polar surface area (TPSA) is 72.9 Å². The minimum absolute atomic E-state index is 0.182. The van der Waals surface area contributed by atoms with Crippen LogP contribution in [0.15, 0.2) is 25.1 Å². The molecule has 1 aliphatic rings. The van der Waals surface area contributed by atoms with Gasteiger partial charge in [0.15, 0.2) is 0 Å². The molecule has 1 rings (SSSR count). The zero-order valence-corrected chi connectivity index (χ0v) is 14.5. The maximum absolute atomic E-state index is 10.6. The molecule has 0 spiro atoms. The Hall–Kier alpha value is -1.98. The number of carbonyl (C=O) groups is 2. The summed E-state index contributed by atoms with van der Waals surface area (Å²) < 4.78 is 0. The normalized spacial score (nSPS) is 12.6. The summed E-state index contributed by atoms with van der Waals surface area (Å²) in [4.78, 5) is 25.3. The number of aliphatic carboxylic acids is 1. The van der Waals surface area contributed by atoms with Crippen molar-refractivity contribution in [1.82, 2.24) is 15.1 Å². The van der Waals surface area contributed by atoms with Crippen molar-refractivity contribution in [2.24, 2.45) is 0 Å². The van der Waals surface area contributed by atoms with Gasteiger partial charge in [-0.1, -0.05) is 26.3 Å². The number of nitrogens with one attached hydrogen (secondary N) is 1. The minimum Gasteiger partial charge on any atom is -0.481 e. The van der Waals surface area contributed by atoms with Crippen LogP contribution < -0.4 is 5.32 Å². The van der Waals surface area contributed by atoms with E-state index >= 15 is 0 Å². The van der Waals surface area contributed by atoms with E-state index in [4.69, 9.17) is 5.11 Å². The summed E-state index contributed by atoms with van der Waals surface area (Å²) in [5, 5.41) is 10.9. The van der Waals surface area contributed by atoms with Gasteiger partial charge in [0.2, 0.25) is 5.91 Å². The number of rotatable bonds is 10. The fourth-order valence-corrected chi connectivity index (χ4v) is 1.96. The molecule has 1 heterocycles. The first-order valence-electron chi connectivity index (χ1n) is 8.24. The predicted octanol–water partition coefficient (Wildman–Crippen LogP) is 2.40. The van der Waals surface area contributed by atoms with Crippen LogP contribution in [0.25, 0.3) is 0 Å². The van der Waals surface area contributed by atoms with Gasteiger partial charge < -0.3 is 20.2 Å². The predicted molar refractivity (Wildman–Crippen MR) is 92.7 cm³/mol. The summed E-state index contributed by atoms with van der Waals surface area (Å²) in [5.74, 6) is -0.951. The molecule has 0 bridgehead atoms. The van der Waals surface area contributed by atoms with Crippen LogP contribution in [0, 0.1) is 0 Å². The molecule has 0 fully saturated rings. The van der Waals surface area contributed by atoms with Gasteiger partial charge in [0.25, 0.3) is 0 Å². The van der Waals surface area contributed by atoms with E-state index in [-0.39, 0.29) is 12.3 Å². The Morgan fingerprint density at radius 1 is 1.26 bits per heavy atom. The van der Waals surface area contributed by atoms with Gasteiger partial charge in [-0.2, -0.15) is 0 Å². The van der Waals surface area contributed by atoms with Gasteiger partial charge in [-0.3, -0.25) is 9.59 Å². The van der Waals surface area contributed by atoms with E-state index in [1.807, 2.05) is 0 Å². The number of nitrogens with zero attached hydrogens (tertiary/aromatic N) is 2. The van der Waals surface area contributed by atoms with E-state index in [1.165, 1.54) is 25.5 Å². The molecule has 0 radical (unpaired) electrons. The molecular weight excluding hydrogens is 294 g/mol. The summed E-state index contributed by atoms with van der Waals surface area (Å²) in [6.07, 6.45) is 10.6. The summed E-state index contributed by atoms with van der Waals surface area (Å²) in [6, 6.07) is 0. The van der Waals surface area contributed by atoms with Crippen LogP contribution in [-0.2, 0) is 9.59 Å². The monoisotopic (exact) mass is 325 g/mol. The lowest BCUT2D eigenvalue weighted by Gasteiger charge is -2.17. The molecule has 6 heteroatoms. The molecule has 132 valence electrons. The number of carboxylic acid groups (broad SMARTS) is 1. The summed E-state index contributed by atoms with van der Waals surface area (Å²) >= 11 is 0. The van der Waals surface area contributed by atoms with Crippen molar-refractivity contribution < 1.29 is 14.7 Å². The van der Waals surface area contributed by atoms with Crippen molar-refractivity contribution in [3.05, 3.63) is 25.1 Å². The third-order valence-electron chi connectivity index (χ3n) is 3.29. The van der Waals surface area contributed by atoms with Gasteiger partial charge in [-0.05, 0) is 25.3 Å². The molecule has 0 aromatic rings. The molecule has 6 nitrogen and oxygen atoms in total. The van der Waals surface area contributed by atoms with E-state index < -0.39 is 5.97 Å². The largest absolute Gasteiger partial charge is 0.481 e. The second kappa shape index (κ2) is 13.7. The first-order valence-corrected chi connectivity index (χ1v) is 8.24. The highest BCUT2D eigenvalue weighted by Gasteiger charge is 2.05. The van der Waals surface area contributed by atoms with E-state index in [0.717, 1.165) is 19.5 Å². The Balaban J connectivity index is 0.000000433. The molecule has 1 aliphatic heterocycles. The fourth-order valence-electron chi connectivity index (χ4n) is 1.96. The van der Waals surface area contributed by atoms with Crippen LogP contribution in [0.2, 0.25) is 0 Å². The standard InChI is InChI=1S/C9H15NO3.C8H16N2/c1-2-8(11)10-7-5-3-4-6-9(12)13;1-3-4-5-10-7-6-9(2)8-10/h2H,1,3-7H2,(H,10,11)(H,12,13);6-7H,3-5,8H2,1-2H3. The van der Waals surface area contributed by atoms with Gasteiger partial charge in [-0.15, -0.1) is 0 Å². The van der Waals surface area contributed by atoms with Crippen molar-refractivity contribution in [3.63, 3.8) is 0 Å². The smallest absolute Gasteiger partial charge is 0.303 e. The molecule has 0 unspecified atom stereocenters. The lowest BCUT2D eigenvalue weighted by molar-refractivity contribution is -0.137. The van der Waals surface area contributed by atoms with E-state index in [9.17, 15) is 9.59 Å². The molecule has 0 aliphatic carbocycles. The van der Waals surface area contributed by atoms with Gasteiger partial charge >= 0.3 is 5.97 Å². The van der Waals surface area contributed by atoms with Crippen LogP contribution in [-0.4, -0.2) is 53.6 Å². The molecule has 0 aromatic heterocycles. The van der Waals surface area contributed by atoms with Crippen LogP contribution in [0.5, 0.6) is 0 Å². The Labute approximate surface area is 139 Å². The highest BCUT2D eigenvalue weighted by Crippen LogP contribution is 2.04. The minimum atomic E-state index is -0.768. The fraction of sp³-hybridized carbons (Fsp3) is 0.647. The van der Waals surface area contributed by atoms with Gasteiger partial charge in [0.1, 0.15) is 0 Å². The summed E-state index contributed by atoms with van der Waals surface area (Å²) in [6.45, 7) is 8.40. The van der Waals surface area contributed by atoms with Crippen LogP contribution >= 0.6 is 0 Å². The van der Waals surface area contributed by atoms with E-state index in [2.05, 4.69) is 48.1 Å². The molecule has 0 saturated carbocycles. The van der Waals surface area contributed by atoms with Crippen LogP contribution in [0.1, 0.15) is 45.4 Å². The summed E-state index contributed by atoms with van der Waals surface area (Å²) in [5.41, 5.74) is 0. The van der Waals surface area contributed by atoms with Crippen LogP contribution in [0.4, 0.5) is 0 Å². The molecule has 0 atom stereocenters. The van der Waals surface area contributed by atoms with Crippen molar-refractivity contribution in [3.8, 4) is 0 Å². The average molecular weight is 325 g/mol. The number of carbonyl (C=O) groups excluding carboxylic acids is 1. The van der Waals surface area contributed by atoms with Gasteiger partial charge in [-0.25, -0.2) is 0 Å². The van der Waals surface area contributed by atoms with Crippen LogP contribution in [0.3, 0.4) is 0 Å². The first-order chi connectivity index (χ1) is 11.0. The second-order valence-corrected chi connectivity index (χ2v) is 5.56. The van der Waals surface area contributed by atoms with Gasteiger partial charge in [0.05, 0.1) is 6.67 Å². The van der Waals surface area contributed by atoms with Crippen molar-refractivity contribution in [1.29, 1.82) is 0 Å². The number of amides is 1. The third kappa shape index (κ3) is 13.4. The number of hydrogen-bond acceptors (Lipinski definition) is 4. The number of hydrogen-bond donors (Lipinski definition) is 2. The maximum Gasteiger partial charge on any atom is 0.303 e. The van der Waals surface area contributed by atoms with Crippen molar-refractivity contribution in [2.75, 3.05) is 26.8 Å². The molecule has 1 amide bonds.